The van der Waals surface area contributed by atoms with Gasteiger partial charge in [-0.05, 0) is 35.4 Å². The summed E-state index contributed by atoms with van der Waals surface area (Å²) in [5.41, 5.74) is 2.87. The van der Waals surface area contributed by atoms with E-state index in [0.717, 1.165) is 27.6 Å². The summed E-state index contributed by atoms with van der Waals surface area (Å²) >= 11 is 0. The van der Waals surface area contributed by atoms with Crippen LogP contribution >= 0.6 is 0 Å². The number of nitrogens with one attached hydrogen (secondary N) is 1. The van der Waals surface area contributed by atoms with Crippen molar-refractivity contribution in [1.82, 2.24) is 0 Å². The van der Waals surface area contributed by atoms with Crippen LogP contribution in [0.25, 0.3) is 10.8 Å². The molecule has 0 saturated heterocycles. The molecule has 0 aromatic heterocycles. The topological polar surface area (TPSA) is 47.6 Å². The second kappa shape index (κ2) is 8.58. The lowest BCUT2D eigenvalue weighted by Crippen LogP contribution is -2.16. The zero-order valence-electron chi connectivity index (χ0n) is 16.0. The minimum absolute atomic E-state index is 0.291. The zero-order valence-corrected chi connectivity index (χ0v) is 16.0. The van der Waals surface area contributed by atoms with Crippen LogP contribution in [0.5, 0.6) is 5.75 Å². The lowest BCUT2D eigenvalue weighted by Gasteiger charge is -2.14. The summed E-state index contributed by atoms with van der Waals surface area (Å²) in [4.78, 5) is 12.1. The number of aryl methyl sites for hydroxylation is 1. The van der Waals surface area contributed by atoms with Gasteiger partial charge in [-0.15, -0.1) is 0 Å². The predicted octanol–water partition coefficient (Wildman–Crippen LogP) is 5.93. The maximum absolute atomic E-state index is 12.1. The maximum atomic E-state index is 12.1. The molecule has 0 aliphatic carbocycles. The first-order chi connectivity index (χ1) is 13.0. The number of carbonyl (C=O) groups is 1. The Balaban J connectivity index is 1.86. The average molecular weight is 363 g/mol. The van der Waals surface area contributed by atoms with Crippen LogP contribution in [0.3, 0.4) is 0 Å². The van der Waals surface area contributed by atoms with Gasteiger partial charge >= 0.3 is 6.09 Å². The van der Waals surface area contributed by atoms with E-state index in [9.17, 15) is 4.79 Å². The van der Waals surface area contributed by atoms with Crippen molar-refractivity contribution in [3.05, 3.63) is 71.8 Å². The summed E-state index contributed by atoms with van der Waals surface area (Å²) in [6, 6.07) is 19.9. The van der Waals surface area contributed by atoms with E-state index in [1.165, 1.54) is 0 Å². The van der Waals surface area contributed by atoms with Gasteiger partial charge in [-0.1, -0.05) is 62.4 Å². The fraction of sp³-hybridized carbons (Fsp3) is 0.261. The maximum Gasteiger partial charge on any atom is 0.411 e. The van der Waals surface area contributed by atoms with E-state index in [-0.39, 0.29) is 0 Å². The Labute approximate surface area is 160 Å². The highest BCUT2D eigenvalue weighted by atomic mass is 16.5. The number of hydrogen-bond donors (Lipinski definition) is 1. The summed E-state index contributed by atoms with van der Waals surface area (Å²) in [5, 5.41) is 4.88. The van der Waals surface area contributed by atoms with Crippen LogP contribution in [0.1, 0.15) is 25.0 Å². The van der Waals surface area contributed by atoms with Gasteiger partial charge in [-0.25, -0.2) is 4.79 Å². The van der Waals surface area contributed by atoms with E-state index >= 15 is 0 Å². The largest absolute Gasteiger partial charge is 0.488 e. The van der Waals surface area contributed by atoms with Crippen molar-refractivity contribution in [3.8, 4) is 5.75 Å². The quantitative estimate of drug-likeness (QED) is 0.590. The van der Waals surface area contributed by atoms with Crippen molar-refractivity contribution in [1.29, 1.82) is 0 Å². The standard InChI is InChI=1S/C23H25NO3/c1-16(2)14-27-23(25)24-19-12-21-17(3)8-7-11-20(21)22(13-19)26-15-18-9-5-4-6-10-18/h4-13,16H,14-15H2,1-3H3,(H,24,25). The monoisotopic (exact) mass is 363 g/mol. The Hall–Kier alpha value is -3.01. The van der Waals surface area contributed by atoms with Gasteiger partial charge in [0.1, 0.15) is 12.4 Å². The summed E-state index contributed by atoms with van der Waals surface area (Å²) in [7, 11) is 0. The molecule has 27 heavy (non-hydrogen) atoms. The predicted molar refractivity (Wildman–Crippen MR) is 109 cm³/mol. The van der Waals surface area contributed by atoms with Crippen LogP contribution in [-0.2, 0) is 11.3 Å². The number of rotatable bonds is 6. The fourth-order valence-corrected chi connectivity index (χ4v) is 2.83. The number of carbonyl (C=O) groups excluding carboxylic acids is 1. The first-order valence-corrected chi connectivity index (χ1v) is 9.17. The molecular weight excluding hydrogens is 338 g/mol. The molecule has 0 saturated carbocycles. The number of ether oxygens (including phenoxy) is 2. The molecule has 1 amide bonds. The number of hydrogen-bond acceptors (Lipinski definition) is 3. The number of anilines is 1. The fourth-order valence-electron chi connectivity index (χ4n) is 2.83. The van der Waals surface area contributed by atoms with E-state index in [0.29, 0.717) is 24.8 Å². The highest BCUT2D eigenvalue weighted by Crippen LogP contribution is 2.32. The molecule has 0 radical (unpaired) electrons. The molecule has 0 aliphatic rings. The Morgan fingerprint density at radius 1 is 1.00 bits per heavy atom. The van der Waals surface area contributed by atoms with Crippen molar-refractivity contribution in [2.45, 2.75) is 27.4 Å². The number of fused-ring (bicyclic) bond motifs is 1. The third-order valence-electron chi connectivity index (χ3n) is 4.21. The van der Waals surface area contributed by atoms with E-state index in [2.05, 4.69) is 5.32 Å². The van der Waals surface area contributed by atoms with Crippen LogP contribution < -0.4 is 10.1 Å². The molecule has 3 aromatic carbocycles. The molecule has 3 rings (SSSR count). The summed E-state index contributed by atoms with van der Waals surface area (Å²) in [6.45, 7) is 6.90. The van der Waals surface area contributed by atoms with Crippen LogP contribution in [0.4, 0.5) is 10.5 Å². The third-order valence-corrected chi connectivity index (χ3v) is 4.21. The molecule has 140 valence electrons. The molecule has 3 aromatic rings. The molecule has 0 unspecified atom stereocenters. The molecule has 1 N–H and O–H groups in total. The Bertz CT molecular complexity index is 920. The summed E-state index contributed by atoms with van der Waals surface area (Å²) in [5.74, 6) is 1.03. The van der Waals surface area contributed by atoms with E-state index in [4.69, 9.17) is 9.47 Å². The number of amides is 1. The molecule has 0 spiro atoms. The smallest absolute Gasteiger partial charge is 0.411 e. The van der Waals surface area contributed by atoms with Gasteiger partial charge < -0.3 is 9.47 Å². The van der Waals surface area contributed by atoms with Crippen molar-refractivity contribution >= 4 is 22.6 Å². The Kier molecular flexibility index (Phi) is 5.97. The van der Waals surface area contributed by atoms with Gasteiger partial charge in [0.25, 0.3) is 0 Å². The highest BCUT2D eigenvalue weighted by molar-refractivity contribution is 5.96. The minimum Gasteiger partial charge on any atom is -0.488 e. The van der Waals surface area contributed by atoms with E-state index in [1.54, 1.807) is 0 Å². The average Bonchev–Trinajstić information content (AvgIpc) is 2.66. The molecule has 4 nitrogen and oxygen atoms in total. The molecule has 0 atom stereocenters. The van der Waals surface area contributed by atoms with E-state index in [1.807, 2.05) is 81.4 Å². The van der Waals surface area contributed by atoms with Gasteiger partial charge in [-0.3, -0.25) is 5.32 Å². The van der Waals surface area contributed by atoms with Crippen LogP contribution in [0.2, 0.25) is 0 Å². The van der Waals surface area contributed by atoms with Gasteiger partial charge in [0.15, 0.2) is 0 Å². The second-order valence-corrected chi connectivity index (χ2v) is 7.04. The van der Waals surface area contributed by atoms with Gasteiger partial charge in [-0.2, -0.15) is 0 Å². The first kappa shape index (κ1) is 18.8. The molecule has 0 fully saturated rings. The molecule has 0 heterocycles. The first-order valence-electron chi connectivity index (χ1n) is 9.17. The number of benzene rings is 3. The van der Waals surface area contributed by atoms with Gasteiger partial charge in [0.2, 0.25) is 0 Å². The van der Waals surface area contributed by atoms with E-state index < -0.39 is 6.09 Å². The highest BCUT2D eigenvalue weighted by Gasteiger charge is 2.11. The van der Waals surface area contributed by atoms with Crippen molar-refractivity contribution < 1.29 is 14.3 Å². The second-order valence-electron chi connectivity index (χ2n) is 7.04. The molecular formula is C23H25NO3. The van der Waals surface area contributed by atoms with Crippen molar-refractivity contribution in [2.75, 3.05) is 11.9 Å². The molecule has 4 heteroatoms. The summed E-state index contributed by atoms with van der Waals surface area (Å²) in [6.07, 6.45) is -0.453. The van der Waals surface area contributed by atoms with Gasteiger partial charge in [0.05, 0.1) is 6.61 Å². The Morgan fingerprint density at radius 3 is 2.52 bits per heavy atom. The molecule has 0 aliphatic heterocycles. The minimum atomic E-state index is -0.453. The Morgan fingerprint density at radius 2 is 1.78 bits per heavy atom. The normalized spacial score (nSPS) is 10.8. The lowest BCUT2D eigenvalue weighted by molar-refractivity contribution is 0.147. The van der Waals surface area contributed by atoms with Crippen LogP contribution in [0, 0.1) is 12.8 Å². The lowest BCUT2D eigenvalue weighted by atomic mass is 10.0. The third kappa shape index (κ3) is 5.00. The van der Waals surface area contributed by atoms with Gasteiger partial charge in [0, 0.05) is 17.1 Å². The summed E-state index contributed by atoms with van der Waals surface area (Å²) < 4.78 is 11.3. The zero-order chi connectivity index (χ0) is 19.2. The van der Waals surface area contributed by atoms with Crippen LogP contribution in [-0.4, -0.2) is 12.7 Å². The van der Waals surface area contributed by atoms with Crippen molar-refractivity contribution in [2.24, 2.45) is 5.92 Å². The molecule has 0 bridgehead atoms. The SMILES string of the molecule is Cc1cccc2c(OCc3ccccc3)cc(NC(=O)OCC(C)C)cc12. The van der Waals surface area contributed by atoms with Crippen LogP contribution in [0.15, 0.2) is 60.7 Å². The van der Waals surface area contributed by atoms with Crippen molar-refractivity contribution in [3.63, 3.8) is 0 Å².